The number of anilines is 1. The Kier molecular flexibility index (Phi) is 4.33. The van der Waals surface area contributed by atoms with E-state index in [1.165, 1.54) is 32.1 Å². The molecule has 0 aromatic carbocycles. The summed E-state index contributed by atoms with van der Waals surface area (Å²) in [6, 6.07) is 0. The molecule has 0 aliphatic carbocycles. The molecule has 2 rings (SSSR count). The summed E-state index contributed by atoms with van der Waals surface area (Å²) in [5.74, 6) is 0.855. The zero-order valence-corrected chi connectivity index (χ0v) is 10.4. The highest BCUT2D eigenvalue weighted by molar-refractivity contribution is 5.94. The molecule has 1 fully saturated rings. The Morgan fingerprint density at radius 1 is 1.11 bits per heavy atom. The fourth-order valence-electron chi connectivity index (χ4n) is 2.14. The number of hydrogen-bond donors (Lipinski definition) is 2. The molecule has 0 radical (unpaired) electrons. The maximum Gasteiger partial charge on any atom is 0.190 e. The van der Waals surface area contributed by atoms with Crippen molar-refractivity contribution >= 4 is 11.7 Å². The first-order valence-electron chi connectivity index (χ1n) is 6.36. The summed E-state index contributed by atoms with van der Waals surface area (Å²) in [5, 5.41) is 11.5. The summed E-state index contributed by atoms with van der Waals surface area (Å²) in [4.78, 5) is 10.7. The van der Waals surface area contributed by atoms with Crippen LogP contribution in [0.1, 0.15) is 37.8 Å². The van der Waals surface area contributed by atoms with Crippen LogP contribution in [0.25, 0.3) is 0 Å². The van der Waals surface area contributed by atoms with E-state index in [4.69, 9.17) is 10.9 Å². The molecule has 0 unspecified atom stereocenters. The van der Waals surface area contributed by atoms with Gasteiger partial charge in [0.15, 0.2) is 5.84 Å². The van der Waals surface area contributed by atoms with Crippen molar-refractivity contribution in [3.05, 3.63) is 18.1 Å². The third-order valence-corrected chi connectivity index (χ3v) is 3.19. The Hall–Kier alpha value is -1.85. The van der Waals surface area contributed by atoms with Gasteiger partial charge in [-0.1, -0.05) is 24.4 Å². The van der Waals surface area contributed by atoms with Gasteiger partial charge in [0.1, 0.15) is 11.5 Å². The van der Waals surface area contributed by atoms with Crippen molar-refractivity contribution in [3.8, 4) is 0 Å². The number of hydrogen-bond acceptors (Lipinski definition) is 5. The molecule has 18 heavy (non-hydrogen) atoms. The van der Waals surface area contributed by atoms with Gasteiger partial charge in [0.2, 0.25) is 0 Å². The lowest BCUT2D eigenvalue weighted by Crippen LogP contribution is -2.28. The molecule has 1 aliphatic rings. The summed E-state index contributed by atoms with van der Waals surface area (Å²) in [5.41, 5.74) is 5.85. The first-order chi connectivity index (χ1) is 8.81. The Balaban J connectivity index is 2.07. The van der Waals surface area contributed by atoms with Gasteiger partial charge in [0.25, 0.3) is 0 Å². The van der Waals surface area contributed by atoms with Crippen LogP contribution in [0.4, 0.5) is 5.82 Å². The molecule has 1 aromatic heterocycles. The maximum absolute atomic E-state index is 8.56. The molecule has 2 heterocycles. The molecule has 0 atom stereocenters. The van der Waals surface area contributed by atoms with E-state index in [0.717, 1.165) is 18.9 Å². The van der Waals surface area contributed by atoms with Crippen LogP contribution >= 0.6 is 0 Å². The predicted molar refractivity (Wildman–Crippen MR) is 69.8 cm³/mol. The minimum absolute atomic E-state index is 0.0123. The topological polar surface area (TPSA) is 87.6 Å². The van der Waals surface area contributed by atoms with Crippen molar-refractivity contribution in [2.75, 3.05) is 18.0 Å². The second kappa shape index (κ2) is 6.18. The van der Waals surface area contributed by atoms with Crippen LogP contribution in [0.3, 0.4) is 0 Å². The SMILES string of the molecule is NC(=NO)c1cnc(N2CCCCCCC2)cn1. The van der Waals surface area contributed by atoms with Crippen molar-refractivity contribution in [2.45, 2.75) is 32.1 Å². The summed E-state index contributed by atoms with van der Waals surface area (Å²) in [7, 11) is 0. The fraction of sp³-hybridized carbons (Fsp3) is 0.583. The third-order valence-electron chi connectivity index (χ3n) is 3.19. The maximum atomic E-state index is 8.56. The highest BCUT2D eigenvalue weighted by Gasteiger charge is 2.11. The van der Waals surface area contributed by atoms with E-state index in [9.17, 15) is 0 Å². The minimum Gasteiger partial charge on any atom is -0.409 e. The summed E-state index contributed by atoms with van der Waals surface area (Å²) in [6.45, 7) is 2.05. The molecule has 0 amide bonds. The molecular formula is C12H19N5O. The predicted octanol–water partition coefficient (Wildman–Crippen LogP) is 1.34. The van der Waals surface area contributed by atoms with Crippen LogP contribution in [0, 0.1) is 0 Å². The number of nitrogens with zero attached hydrogens (tertiary/aromatic N) is 4. The van der Waals surface area contributed by atoms with E-state index in [1.807, 2.05) is 0 Å². The Labute approximate surface area is 107 Å². The van der Waals surface area contributed by atoms with Gasteiger partial charge < -0.3 is 15.8 Å². The van der Waals surface area contributed by atoms with Gasteiger partial charge in [0, 0.05) is 13.1 Å². The second-order valence-electron chi connectivity index (χ2n) is 4.50. The molecule has 98 valence electrons. The molecule has 6 heteroatoms. The molecule has 0 bridgehead atoms. The Morgan fingerprint density at radius 3 is 2.33 bits per heavy atom. The van der Waals surface area contributed by atoms with Crippen LogP contribution < -0.4 is 10.6 Å². The van der Waals surface area contributed by atoms with Crippen molar-refractivity contribution < 1.29 is 5.21 Å². The van der Waals surface area contributed by atoms with E-state index in [1.54, 1.807) is 12.4 Å². The summed E-state index contributed by atoms with van der Waals surface area (Å²) < 4.78 is 0. The van der Waals surface area contributed by atoms with Crippen LogP contribution in [-0.4, -0.2) is 34.1 Å². The van der Waals surface area contributed by atoms with Gasteiger partial charge in [-0.15, -0.1) is 0 Å². The van der Waals surface area contributed by atoms with E-state index in [-0.39, 0.29) is 5.84 Å². The first-order valence-corrected chi connectivity index (χ1v) is 6.36. The van der Waals surface area contributed by atoms with Crippen LogP contribution in [0.5, 0.6) is 0 Å². The Bertz CT molecular complexity index is 395. The van der Waals surface area contributed by atoms with Crippen molar-refractivity contribution in [2.24, 2.45) is 10.9 Å². The van der Waals surface area contributed by atoms with E-state index in [0.29, 0.717) is 5.69 Å². The number of oxime groups is 1. The van der Waals surface area contributed by atoms with Gasteiger partial charge in [0.05, 0.1) is 12.4 Å². The molecule has 0 spiro atoms. The molecule has 1 aliphatic heterocycles. The van der Waals surface area contributed by atoms with E-state index in [2.05, 4.69) is 20.0 Å². The average Bonchev–Trinajstić information content (AvgIpc) is 2.38. The summed E-state index contributed by atoms with van der Waals surface area (Å²) in [6.07, 6.45) is 9.53. The van der Waals surface area contributed by atoms with Gasteiger partial charge in [-0.2, -0.15) is 0 Å². The molecule has 3 N–H and O–H groups in total. The van der Waals surface area contributed by atoms with Crippen molar-refractivity contribution in [1.29, 1.82) is 0 Å². The monoisotopic (exact) mass is 249 g/mol. The van der Waals surface area contributed by atoms with Crippen LogP contribution in [0.15, 0.2) is 17.5 Å². The number of aromatic nitrogens is 2. The smallest absolute Gasteiger partial charge is 0.190 e. The zero-order valence-electron chi connectivity index (χ0n) is 10.4. The number of nitrogens with two attached hydrogens (primary N) is 1. The lowest BCUT2D eigenvalue weighted by Gasteiger charge is -2.25. The van der Waals surface area contributed by atoms with E-state index >= 15 is 0 Å². The number of rotatable bonds is 2. The quantitative estimate of drug-likeness (QED) is 0.357. The largest absolute Gasteiger partial charge is 0.409 e. The summed E-state index contributed by atoms with van der Waals surface area (Å²) >= 11 is 0. The molecule has 1 aromatic rings. The highest BCUT2D eigenvalue weighted by atomic mass is 16.4. The lowest BCUT2D eigenvalue weighted by atomic mass is 10.1. The van der Waals surface area contributed by atoms with E-state index < -0.39 is 0 Å². The third kappa shape index (κ3) is 3.09. The normalized spacial score (nSPS) is 18.2. The van der Waals surface area contributed by atoms with Crippen molar-refractivity contribution in [3.63, 3.8) is 0 Å². The fourth-order valence-corrected chi connectivity index (χ4v) is 2.14. The van der Waals surface area contributed by atoms with Gasteiger partial charge in [-0.05, 0) is 12.8 Å². The molecule has 0 saturated carbocycles. The molecular weight excluding hydrogens is 230 g/mol. The number of amidine groups is 1. The standard InChI is InChI=1S/C12H19N5O/c13-12(16-18)10-8-15-11(9-14-10)17-6-4-2-1-3-5-7-17/h8-9,18H,1-7H2,(H2,13,16). The lowest BCUT2D eigenvalue weighted by molar-refractivity contribution is 0.318. The van der Waals surface area contributed by atoms with Crippen LogP contribution in [0.2, 0.25) is 0 Å². The zero-order chi connectivity index (χ0) is 12.8. The van der Waals surface area contributed by atoms with Gasteiger partial charge in [-0.3, -0.25) is 0 Å². The molecule has 1 saturated heterocycles. The van der Waals surface area contributed by atoms with Gasteiger partial charge in [-0.25, -0.2) is 9.97 Å². The minimum atomic E-state index is -0.0123. The second-order valence-corrected chi connectivity index (χ2v) is 4.50. The average molecular weight is 249 g/mol. The first kappa shape index (κ1) is 12.6. The van der Waals surface area contributed by atoms with Crippen molar-refractivity contribution in [1.82, 2.24) is 9.97 Å². The highest BCUT2D eigenvalue weighted by Crippen LogP contribution is 2.16. The Morgan fingerprint density at radius 2 is 1.78 bits per heavy atom. The van der Waals surface area contributed by atoms with Gasteiger partial charge >= 0.3 is 0 Å². The molecule has 6 nitrogen and oxygen atoms in total. The van der Waals surface area contributed by atoms with Crippen LogP contribution in [-0.2, 0) is 0 Å².